The summed E-state index contributed by atoms with van der Waals surface area (Å²) in [7, 11) is 0. The normalized spacial score (nSPS) is 19.2. The molecule has 3 heterocycles. The van der Waals surface area contributed by atoms with Crippen LogP contribution in [0.25, 0.3) is 5.65 Å². The molecular weight excluding hydrogens is 226 g/mol. The van der Waals surface area contributed by atoms with Crippen LogP contribution >= 0.6 is 0 Å². The van der Waals surface area contributed by atoms with Crippen molar-refractivity contribution in [1.82, 2.24) is 24.8 Å². The Morgan fingerprint density at radius 2 is 2.06 bits per heavy atom. The maximum Gasteiger partial charge on any atom is 0.168 e. The van der Waals surface area contributed by atoms with E-state index in [0.717, 1.165) is 43.3 Å². The molecule has 1 aliphatic rings. The minimum atomic E-state index is 0.284. The monoisotopic (exact) mass is 245 g/mol. The fraction of sp³-hybridized carbons (Fsp3) is 0.538. The number of rotatable bonds is 2. The molecule has 18 heavy (non-hydrogen) atoms. The first-order valence-electron chi connectivity index (χ1n) is 6.53. The Balaban J connectivity index is 1.91. The molecular formula is C13H19N5. The van der Waals surface area contributed by atoms with E-state index in [0.29, 0.717) is 0 Å². The summed E-state index contributed by atoms with van der Waals surface area (Å²) in [6, 6.07) is 6.37. The van der Waals surface area contributed by atoms with Gasteiger partial charge in [0.25, 0.3) is 0 Å². The van der Waals surface area contributed by atoms with Gasteiger partial charge in [0.15, 0.2) is 11.5 Å². The van der Waals surface area contributed by atoms with Crippen molar-refractivity contribution in [3.63, 3.8) is 0 Å². The van der Waals surface area contributed by atoms with Crippen molar-refractivity contribution in [3.05, 3.63) is 29.7 Å². The van der Waals surface area contributed by atoms with Crippen molar-refractivity contribution in [3.8, 4) is 0 Å². The van der Waals surface area contributed by atoms with Crippen molar-refractivity contribution >= 4 is 5.65 Å². The molecule has 2 aromatic heterocycles. The minimum absolute atomic E-state index is 0.284. The lowest BCUT2D eigenvalue weighted by Crippen LogP contribution is -2.44. The molecule has 0 aromatic carbocycles. The maximum atomic E-state index is 4.64. The summed E-state index contributed by atoms with van der Waals surface area (Å²) in [5, 5.41) is 8.00. The van der Waals surface area contributed by atoms with E-state index in [1.54, 1.807) is 0 Å². The first-order chi connectivity index (χ1) is 8.75. The first kappa shape index (κ1) is 11.6. The molecule has 1 aliphatic heterocycles. The van der Waals surface area contributed by atoms with Crippen molar-refractivity contribution in [2.24, 2.45) is 0 Å². The van der Waals surface area contributed by atoms with E-state index in [4.69, 9.17) is 0 Å². The molecule has 96 valence electrons. The summed E-state index contributed by atoms with van der Waals surface area (Å²) in [4.78, 5) is 7.07. The van der Waals surface area contributed by atoms with Gasteiger partial charge in [-0.3, -0.25) is 4.90 Å². The highest BCUT2D eigenvalue weighted by molar-refractivity contribution is 5.38. The molecule has 0 amide bonds. The molecule has 0 radical (unpaired) electrons. The van der Waals surface area contributed by atoms with Crippen LogP contribution in [-0.4, -0.2) is 45.7 Å². The lowest BCUT2D eigenvalue weighted by molar-refractivity contribution is 0.179. The van der Waals surface area contributed by atoms with Crippen molar-refractivity contribution < 1.29 is 0 Å². The van der Waals surface area contributed by atoms with Crippen LogP contribution in [0.3, 0.4) is 0 Å². The van der Waals surface area contributed by atoms with Gasteiger partial charge in [0.2, 0.25) is 0 Å². The number of pyridine rings is 1. The maximum absolute atomic E-state index is 4.64. The third kappa shape index (κ3) is 2.00. The van der Waals surface area contributed by atoms with Crippen LogP contribution in [0, 0.1) is 6.92 Å². The van der Waals surface area contributed by atoms with Gasteiger partial charge in [-0.2, -0.15) is 0 Å². The molecule has 3 rings (SSSR count). The van der Waals surface area contributed by atoms with E-state index in [1.807, 2.05) is 16.6 Å². The smallest absolute Gasteiger partial charge is 0.168 e. The van der Waals surface area contributed by atoms with Gasteiger partial charge in [-0.25, -0.2) is 9.50 Å². The predicted molar refractivity (Wildman–Crippen MR) is 70.6 cm³/mol. The van der Waals surface area contributed by atoms with Crippen LogP contribution in [0.15, 0.2) is 18.2 Å². The number of piperazine rings is 1. The standard InChI is InChI=1S/C13H19N5/c1-10-4-3-5-12-15-13(16-18(10)12)11(2)17-8-6-14-7-9-17/h3-5,11,14H,6-9H2,1-2H3. The van der Waals surface area contributed by atoms with Crippen LogP contribution < -0.4 is 5.32 Å². The van der Waals surface area contributed by atoms with Crippen molar-refractivity contribution in [2.45, 2.75) is 19.9 Å². The van der Waals surface area contributed by atoms with Gasteiger partial charge >= 0.3 is 0 Å². The summed E-state index contributed by atoms with van der Waals surface area (Å²) in [5.74, 6) is 0.922. The van der Waals surface area contributed by atoms with E-state index < -0.39 is 0 Å². The topological polar surface area (TPSA) is 45.5 Å². The highest BCUT2D eigenvalue weighted by atomic mass is 15.3. The second kappa shape index (κ2) is 4.66. The molecule has 5 heteroatoms. The van der Waals surface area contributed by atoms with Gasteiger partial charge in [-0.15, -0.1) is 5.10 Å². The van der Waals surface area contributed by atoms with E-state index in [1.165, 1.54) is 0 Å². The highest BCUT2D eigenvalue weighted by Gasteiger charge is 2.21. The average Bonchev–Trinajstić information content (AvgIpc) is 2.84. The second-order valence-electron chi connectivity index (χ2n) is 4.87. The quantitative estimate of drug-likeness (QED) is 0.857. The molecule has 0 aliphatic carbocycles. The Bertz CT molecular complexity index is 541. The van der Waals surface area contributed by atoms with E-state index in [-0.39, 0.29) is 6.04 Å². The molecule has 0 spiro atoms. The predicted octanol–water partition coefficient (Wildman–Crippen LogP) is 1.00. The summed E-state index contributed by atoms with van der Waals surface area (Å²) >= 11 is 0. The number of fused-ring (bicyclic) bond motifs is 1. The van der Waals surface area contributed by atoms with Crippen LogP contribution in [0.4, 0.5) is 0 Å². The van der Waals surface area contributed by atoms with Crippen molar-refractivity contribution in [2.75, 3.05) is 26.2 Å². The Labute approximate surface area is 107 Å². The van der Waals surface area contributed by atoms with Gasteiger partial charge in [-0.1, -0.05) is 6.07 Å². The Hall–Kier alpha value is -1.46. The van der Waals surface area contributed by atoms with Gasteiger partial charge in [-0.05, 0) is 26.0 Å². The van der Waals surface area contributed by atoms with Crippen LogP contribution in [0.5, 0.6) is 0 Å². The third-order valence-electron chi connectivity index (χ3n) is 3.64. The number of hydrogen-bond acceptors (Lipinski definition) is 4. The lowest BCUT2D eigenvalue weighted by atomic mass is 10.2. The SMILES string of the molecule is Cc1cccc2nc(C(C)N3CCNCC3)nn12. The first-order valence-corrected chi connectivity index (χ1v) is 6.53. The zero-order valence-corrected chi connectivity index (χ0v) is 10.9. The number of hydrogen-bond donors (Lipinski definition) is 1. The zero-order chi connectivity index (χ0) is 12.5. The molecule has 1 fully saturated rings. The lowest BCUT2D eigenvalue weighted by Gasteiger charge is -2.31. The fourth-order valence-corrected chi connectivity index (χ4v) is 2.46. The van der Waals surface area contributed by atoms with Crippen LogP contribution in [0.1, 0.15) is 24.5 Å². The van der Waals surface area contributed by atoms with Gasteiger partial charge in [0, 0.05) is 31.9 Å². The molecule has 1 unspecified atom stereocenters. The number of nitrogens with one attached hydrogen (secondary N) is 1. The Morgan fingerprint density at radius 1 is 1.28 bits per heavy atom. The number of nitrogens with zero attached hydrogens (tertiary/aromatic N) is 4. The molecule has 1 N–H and O–H groups in total. The van der Waals surface area contributed by atoms with E-state index >= 15 is 0 Å². The Morgan fingerprint density at radius 3 is 2.78 bits per heavy atom. The molecule has 0 saturated carbocycles. The molecule has 0 bridgehead atoms. The van der Waals surface area contributed by atoms with Crippen LogP contribution in [0.2, 0.25) is 0 Å². The summed E-state index contributed by atoms with van der Waals surface area (Å²) in [5.41, 5.74) is 2.06. The summed E-state index contributed by atoms with van der Waals surface area (Å²) in [6.45, 7) is 8.48. The zero-order valence-electron chi connectivity index (χ0n) is 10.9. The number of aromatic nitrogens is 3. The van der Waals surface area contributed by atoms with E-state index in [9.17, 15) is 0 Å². The molecule has 5 nitrogen and oxygen atoms in total. The summed E-state index contributed by atoms with van der Waals surface area (Å²) in [6.07, 6.45) is 0. The summed E-state index contributed by atoms with van der Waals surface area (Å²) < 4.78 is 1.92. The molecule has 2 aromatic rings. The van der Waals surface area contributed by atoms with Crippen LogP contribution in [-0.2, 0) is 0 Å². The highest BCUT2D eigenvalue weighted by Crippen LogP contribution is 2.18. The Kier molecular flexibility index (Phi) is 3.01. The third-order valence-corrected chi connectivity index (χ3v) is 3.64. The van der Waals surface area contributed by atoms with Gasteiger partial charge < -0.3 is 5.32 Å². The molecule has 1 atom stereocenters. The fourth-order valence-electron chi connectivity index (χ4n) is 2.46. The molecule has 1 saturated heterocycles. The second-order valence-corrected chi connectivity index (χ2v) is 4.87. The largest absolute Gasteiger partial charge is 0.314 e. The number of aryl methyl sites for hydroxylation is 1. The van der Waals surface area contributed by atoms with Gasteiger partial charge in [0.1, 0.15) is 0 Å². The van der Waals surface area contributed by atoms with E-state index in [2.05, 4.69) is 40.2 Å². The van der Waals surface area contributed by atoms with Crippen molar-refractivity contribution in [1.29, 1.82) is 0 Å². The minimum Gasteiger partial charge on any atom is -0.314 e. The van der Waals surface area contributed by atoms with Gasteiger partial charge in [0.05, 0.1) is 6.04 Å². The average molecular weight is 245 g/mol.